The molecule has 0 aliphatic carbocycles. The Kier molecular flexibility index (Phi) is 4.48. The van der Waals surface area contributed by atoms with Crippen LogP contribution in [-0.2, 0) is 4.74 Å². The average Bonchev–Trinajstić information content (AvgIpc) is 2.85. The number of pyridine rings is 1. The number of amides is 1. The number of nitro groups is 1. The zero-order chi connectivity index (χ0) is 16.3. The lowest BCUT2D eigenvalue weighted by molar-refractivity contribution is -0.386. The summed E-state index contributed by atoms with van der Waals surface area (Å²) in [6, 6.07) is 1.42. The van der Waals surface area contributed by atoms with Crippen LogP contribution in [0, 0.1) is 10.1 Å². The SMILES string of the molecule is CC(C)(C)OC(=O)N1CCCC1Oc1ccncc1[N+](=O)[O-]. The third-order valence-corrected chi connectivity index (χ3v) is 3.05. The number of rotatable bonds is 3. The summed E-state index contributed by atoms with van der Waals surface area (Å²) in [6.07, 6.45) is 2.83. The molecule has 0 saturated carbocycles. The van der Waals surface area contributed by atoms with Crippen LogP contribution in [0.15, 0.2) is 18.5 Å². The summed E-state index contributed by atoms with van der Waals surface area (Å²) in [4.78, 5) is 27.7. The lowest BCUT2D eigenvalue weighted by Gasteiger charge is -2.28. The summed E-state index contributed by atoms with van der Waals surface area (Å²) in [5, 5.41) is 11.0. The smallest absolute Gasteiger partial charge is 0.413 e. The average molecular weight is 309 g/mol. The number of carbonyl (C=O) groups is 1. The molecule has 0 radical (unpaired) electrons. The summed E-state index contributed by atoms with van der Waals surface area (Å²) >= 11 is 0. The van der Waals surface area contributed by atoms with Crippen molar-refractivity contribution < 1.29 is 19.2 Å². The topological polar surface area (TPSA) is 94.8 Å². The van der Waals surface area contributed by atoms with Crippen LogP contribution < -0.4 is 4.74 Å². The van der Waals surface area contributed by atoms with Gasteiger partial charge in [-0.15, -0.1) is 0 Å². The minimum Gasteiger partial charge on any atom is -0.463 e. The molecule has 1 fully saturated rings. The van der Waals surface area contributed by atoms with Crippen molar-refractivity contribution in [1.82, 2.24) is 9.88 Å². The van der Waals surface area contributed by atoms with Gasteiger partial charge in [0, 0.05) is 25.2 Å². The maximum absolute atomic E-state index is 12.2. The molecule has 1 unspecified atom stereocenters. The number of ether oxygens (including phenoxy) is 2. The van der Waals surface area contributed by atoms with Crippen LogP contribution in [0.2, 0.25) is 0 Å². The Balaban J connectivity index is 2.12. The standard InChI is InChI=1S/C14H19N3O5/c1-14(2,3)22-13(18)16-8-4-5-12(16)21-11-6-7-15-9-10(11)17(19)20/h6-7,9,12H,4-5,8H2,1-3H3. The van der Waals surface area contributed by atoms with Crippen LogP contribution in [0.3, 0.4) is 0 Å². The Labute approximate surface area is 128 Å². The molecular weight excluding hydrogens is 290 g/mol. The van der Waals surface area contributed by atoms with Gasteiger partial charge in [0.2, 0.25) is 5.75 Å². The molecule has 2 heterocycles. The third kappa shape index (κ3) is 3.84. The van der Waals surface area contributed by atoms with E-state index in [2.05, 4.69) is 4.98 Å². The van der Waals surface area contributed by atoms with Crippen molar-refractivity contribution in [2.24, 2.45) is 0 Å². The summed E-state index contributed by atoms with van der Waals surface area (Å²) < 4.78 is 11.0. The van der Waals surface area contributed by atoms with Crippen molar-refractivity contribution in [2.45, 2.75) is 45.4 Å². The Morgan fingerprint density at radius 1 is 1.50 bits per heavy atom. The zero-order valence-corrected chi connectivity index (χ0v) is 12.8. The van der Waals surface area contributed by atoms with Gasteiger partial charge in [-0.3, -0.25) is 20.0 Å². The molecule has 1 saturated heterocycles. The van der Waals surface area contributed by atoms with Crippen molar-refractivity contribution in [3.63, 3.8) is 0 Å². The quantitative estimate of drug-likeness (QED) is 0.629. The first-order valence-electron chi connectivity index (χ1n) is 7.02. The summed E-state index contributed by atoms with van der Waals surface area (Å²) in [5.41, 5.74) is -0.828. The van der Waals surface area contributed by atoms with Gasteiger partial charge < -0.3 is 9.47 Å². The van der Waals surface area contributed by atoms with Crippen molar-refractivity contribution in [3.8, 4) is 5.75 Å². The molecule has 22 heavy (non-hydrogen) atoms. The van der Waals surface area contributed by atoms with Crippen LogP contribution in [-0.4, -0.2) is 39.3 Å². The first kappa shape index (κ1) is 16.0. The number of likely N-dealkylation sites (tertiary alicyclic amines) is 1. The van der Waals surface area contributed by atoms with Gasteiger partial charge in [-0.1, -0.05) is 0 Å². The van der Waals surface area contributed by atoms with E-state index >= 15 is 0 Å². The second kappa shape index (κ2) is 6.17. The Morgan fingerprint density at radius 3 is 2.86 bits per heavy atom. The molecule has 8 nitrogen and oxygen atoms in total. The van der Waals surface area contributed by atoms with Crippen LogP contribution >= 0.6 is 0 Å². The molecule has 2 rings (SSSR count). The number of aromatic nitrogens is 1. The minimum atomic E-state index is -0.604. The molecule has 0 spiro atoms. The van der Waals surface area contributed by atoms with Gasteiger partial charge in [-0.05, 0) is 27.2 Å². The van der Waals surface area contributed by atoms with Crippen LogP contribution in [0.1, 0.15) is 33.6 Å². The first-order chi connectivity index (χ1) is 10.3. The highest BCUT2D eigenvalue weighted by Gasteiger charge is 2.34. The van der Waals surface area contributed by atoms with E-state index < -0.39 is 22.8 Å². The van der Waals surface area contributed by atoms with Gasteiger partial charge >= 0.3 is 11.8 Å². The Morgan fingerprint density at radius 2 is 2.23 bits per heavy atom. The molecule has 120 valence electrons. The van der Waals surface area contributed by atoms with E-state index in [9.17, 15) is 14.9 Å². The summed E-state index contributed by atoms with van der Waals surface area (Å²) in [6.45, 7) is 5.85. The molecule has 8 heteroatoms. The van der Waals surface area contributed by atoms with Gasteiger partial charge in [0.25, 0.3) is 0 Å². The number of hydrogen-bond donors (Lipinski definition) is 0. The largest absolute Gasteiger partial charge is 0.463 e. The summed E-state index contributed by atoms with van der Waals surface area (Å²) in [5.74, 6) is 0.0976. The number of hydrogen-bond acceptors (Lipinski definition) is 6. The van der Waals surface area contributed by atoms with E-state index in [1.165, 1.54) is 17.2 Å². The van der Waals surface area contributed by atoms with Gasteiger partial charge in [-0.2, -0.15) is 0 Å². The predicted molar refractivity (Wildman–Crippen MR) is 77.5 cm³/mol. The number of carbonyl (C=O) groups excluding carboxylic acids is 1. The zero-order valence-electron chi connectivity index (χ0n) is 12.8. The normalized spacial score (nSPS) is 18.1. The third-order valence-electron chi connectivity index (χ3n) is 3.05. The molecule has 1 aromatic heterocycles. The van der Waals surface area contributed by atoms with Crippen LogP contribution in [0.5, 0.6) is 5.75 Å². The molecule has 1 aliphatic heterocycles. The second-order valence-electron chi connectivity index (χ2n) is 5.99. The fourth-order valence-electron chi connectivity index (χ4n) is 2.14. The van der Waals surface area contributed by atoms with Crippen molar-refractivity contribution >= 4 is 11.8 Å². The maximum Gasteiger partial charge on any atom is 0.413 e. The van der Waals surface area contributed by atoms with E-state index in [-0.39, 0.29) is 11.4 Å². The molecule has 1 atom stereocenters. The molecule has 0 bridgehead atoms. The molecule has 1 amide bonds. The highest BCUT2D eigenvalue weighted by Crippen LogP contribution is 2.30. The predicted octanol–water partition coefficient (Wildman–Crippen LogP) is 2.73. The van der Waals surface area contributed by atoms with Crippen LogP contribution in [0.25, 0.3) is 0 Å². The highest BCUT2D eigenvalue weighted by molar-refractivity contribution is 5.68. The molecule has 0 aromatic carbocycles. The van der Waals surface area contributed by atoms with Gasteiger partial charge in [0.15, 0.2) is 6.23 Å². The lowest BCUT2D eigenvalue weighted by atomic mass is 10.2. The first-order valence-corrected chi connectivity index (χ1v) is 7.02. The fourth-order valence-corrected chi connectivity index (χ4v) is 2.14. The van der Waals surface area contributed by atoms with Crippen LogP contribution in [0.4, 0.5) is 10.5 Å². The van der Waals surface area contributed by atoms with E-state index in [1.807, 2.05) is 0 Å². The summed E-state index contributed by atoms with van der Waals surface area (Å²) in [7, 11) is 0. The van der Waals surface area contributed by atoms with E-state index in [0.29, 0.717) is 13.0 Å². The van der Waals surface area contributed by atoms with Crippen molar-refractivity contribution in [2.75, 3.05) is 6.54 Å². The minimum absolute atomic E-state index is 0.0976. The molecule has 1 aliphatic rings. The second-order valence-corrected chi connectivity index (χ2v) is 5.99. The van der Waals surface area contributed by atoms with E-state index in [4.69, 9.17) is 9.47 Å². The van der Waals surface area contributed by atoms with Crippen molar-refractivity contribution in [3.05, 3.63) is 28.6 Å². The fraction of sp³-hybridized carbons (Fsp3) is 0.571. The van der Waals surface area contributed by atoms with Gasteiger partial charge in [0.1, 0.15) is 11.8 Å². The monoisotopic (exact) mass is 309 g/mol. The van der Waals surface area contributed by atoms with Crippen molar-refractivity contribution in [1.29, 1.82) is 0 Å². The lowest BCUT2D eigenvalue weighted by Crippen LogP contribution is -2.42. The highest BCUT2D eigenvalue weighted by atomic mass is 16.6. The molecule has 1 aromatic rings. The number of nitrogens with zero attached hydrogens (tertiary/aromatic N) is 3. The van der Waals surface area contributed by atoms with Gasteiger partial charge in [0.05, 0.1) is 4.92 Å². The molecule has 0 N–H and O–H groups in total. The Hall–Kier alpha value is -2.38. The van der Waals surface area contributed by atoms with E-state index in [1.54, 1.807) is 20.8 Å². The van der Waals surface area contributed by atoms with E-state index in [0.717, 1.165) is 12.6 Å². The van der Waals surface area contributed by atoms with Gasteiger partial charge in [-0.25, -0.2) is 4.79 Å². The molecular formula is C14H19N3O5. The maximum atomic E-state index is 12.2. The Bertz CT molecular complexity index is 570.